The van der Waals surface area contributed by atoms with E-state index in [1.165, 1.54) is 18.4 Å². The molecule has 1 aromatic heterocycles. The van der Waals surface area contributed by atoms with Crippen LogP contribution in [0.15, 0.2) is 16.8 Å². The SMILES string of the molecule is CCCC(C)CNC(C)Cc1ccsc1. The van der Waals surface area contributed by atoms with Gasteiger partial charge in [-0.2, -0.15) is 11.3 Å². The third kappa shape index (κ3) is 5.33. The Morgan fingerprint density at radius 3 is 2.80 bits per heavy atom. The van der Waals surface area contributed by atoms with Crippen molar-refractivity contribution in [3.8, 4) is 0 Å². The van der Waals surface area contributed by atoms with Crippen LogP contribution in [-0.2, 0) is 6.42 Å². The van der Waals surface area contributed by atoms with Gasteiger partial charge in [0.25, 0.3) is 0 Å². The first kappa shape index (κ1) is 12.7. The molecule has 86 valence electrons. The van der Waals surface area contributed by atoms with Crippen molar-refractivity contribution in [2.45, 2.75) is 46.1 Å². The highest BCUT2D eigenvalue weighted by Gasteiger charge is 2.05. The highest BCUT2D eigenvalue weighted by Crippen LogP contribution is 2.09. The van der Waals surface area contributed by atoms with Crippen molar-refractivity contribution >= 4 is 11.3 Å². The highest BCUT2D eigenvalue weighted by molar-refractivity contribution is 7.07. The van der Waals surface area contributed by atoms with Crippen LogP contribution in [0.2, 0.25) is 0 Å². The summed E-state index contributed by atoms with van der Waals surface area (Å²) in [5.41, 5.74) is 1.46. The molecule has 1 rings (SSSR count). The van der Waals surface area contributed by atoms with E-state index in [-0.39, 0.29) is 0 Å². The van der Waals surface area contributed by atoms with Crippen LogP contribution in [0.25, 0.3) is 0 Å². The van der Waals surface area contributed by atoms with Gasteiger partial charge in [-0.1, -0.05) is 20.3 Å². The van der Waals surface area contributed by atoms with Gasteiger partial charge in [-0.15, -0.1) is 0 Å². The largest absolute Gasteiger partial charge is 0.314 e. The van der Waals surface area contributed by atoms with Crippen LogP contribution < -0.4 is 5.32 Å². The summed E-state index contributed by atoms with van der Waals surface area (Å²) in [6.45, 7) is 8.01. The van der Waals surface area contributed by atoms with Crippen molar-refractivity contribution < 1.29 is 0 Å². The first-order valence-electron chi connectivity index (χ1n) is 5.96. The molecule has 1 aromatic rings. The van der Waals surface area contributed by atoms with Crippen LogP contribution in [0.4, 0.5) is 0 Å². The average Bonchev–Trinajstić information content (AvgIpc) is 2.68. The summed E-state index contributed by atoms with van der Waals surface area (Å²) >= 11 is 1.79. The number of rotatable bonds is 7. The Morgan fingerprint density at radius 1 is 1.40 bits per heavy atom. The summed E-state index contributed by atoms with van der Waals surface area (Å²) < 4.78 is 0. The van der Waals surface area contributed by atoms with Gasteiger partial charge in [0.05, 0.1) is 0 Å². The maximum absolute atomic E-state index is 3.61. The molecular weight excluding hydrogens is 202 g/mol. The van der Waals surface area contributed by atoms with E-state index in [1.54, 1.807) is 11.3 Å². The van der Waals surface area contributed by atoms with E-state index in [0.29, 0.717) is 6.04 Å². The summed E-state index contributed by atoms with van der Waals surface area (Å²) in [5, 5.41) is 8.01. The Hall–Kier alpha value is -0.340. The minimum Gasteiger partial charge on any atom is -0.314 e. The zero-order valence-electron chi connectivity index (χ0n) is 10.1. The molecule has 0 aliphatic rings. The Bertz CT molecular complexity index is 243. The molecule has 2 heteroatoms. The Balaban J connectivity index is 2.16. The average molecular weight is 225 g/mol. The summed E-state index contributed by atoms with van der Waals surface area (Å²) in [6, 6.07) is 2.82. The van der Waals surface area contributed by atoms with Gasteiger partial charge in [-0.3, -0.25) is 0 Å². The summed E-state index contributed by atoms with van der Waals surface area (Å²) in [5.74, 6) is 0.805. The molecule has 0 radical (unpaired) electrons. The maximum Gasteiger partial charge on any atom is 0.00795 e. The fourth-order valence-electron chi connectivity index (χ4n) is 1.83. The minimum atomic E-state index is 0.596. The number of hydrogen-bond donors (Lipinski definition) is 1. The summed E-state index contributed by atoms with van der Waals surface area (Å²) in [7, 11) is 0. The molecule has 0 saturated carbocycles. The normalized spacial score (nSPS) is 15.1. The molecule has 1 nitrogen and oxygen atoms in total. The van der Waals surface area contributed by atoms with E-state index >= 15 is 0 Å². The van der Waals surface area contributed by atoms with E-state index in [9.17, 15) is 0 Å². The molecule has 0 amide bonds. The highest BCUT2D eigenvalue weighted by atomic mass is 32.1. The van der Waals surface area contributed by atoms with Gasteiger partial charge < -0.3 is 5.32 Å². The molecule has 0 bridgehead atoms. The van der Waals surface area contributed by atoms with Crippen molar-refractivity contribution in [3.63, 3.8) is 0 Å². The monoisotopic (exact) mass is 225 g/mol. The molecule has 2 atom stereocenters. The molecule has 2 unspecified atom stereocenters. The van der Waals surface area contributed by atoms with Crippen molar-refractivity contribution in [3.05, 3.63) is 22.4 Å². The predicted molar refractivity (Wildman–Crippen MR) is 69.6 cm³/mol. The van der Waals surface area contributed by atoms with Crippen molar-refractivity contribution in [2.75, 3.05) is 6.54 Å². The molecule has 0 fully saturated rings. The quantitative estimate of drug-likeness (QED) is 0.746. The lowest BCUT2D eigenvalue weighted by atomic mass is 10.1. The second kappa shape index (κ2) is 7.02. The van der Waals surface area contributed by atoms with Gasteiger partial charge in [-0.05, 0) is 54.6 Å². The van der Waals surface area contributed by atoms with Crippen LogP contribution in [-0.4, -0.2) is 12.6 Å². The van der Waals surface area contributed by atoms with Crippen LogP contribution in [0.3, 0.4) is 0 Å². The Labute approximate surface area is 97.9 Å². The molecule has 0 aromatic carbocycles. The van der Waals surface area contributed by atoms with Crippen LogP contribution >= 0.6 is 11.3 Å². The number of nitrogens with one attached hydrogen (secondary N) is 1. The van der Waals surface area contributed by atoms with E-state index in [1.807, 2.05) is 0 Å². The summed E-state index contributed by atoms with van der Waals surface area (Å²) in [4.78, 5) is 0. The first-order valence-corrected chi connectivity index (χ1v) is 6.91. The van der Waals surface area contributed by atoms with E-state index in [2.05, 4.69) is 42.9 Å². The molecule has 1 heterocycles. The smallest absolute Gasteiger partial charge is 0.00795 e. The van der Waals surface area contributed by atoms with Gasteiger partial charge in [0, 0.05) is 6.04 Å². The zero-order chi connectivity index (χ0) is 11.1. The van der Waals surface area contributed by atoms with Crippen molar-refractivity contribution in [1.29, 1.82) is 0 Å². The number of hydrogen-bond acceptors (Lipinski definition) is 2. The standard InChI is InChI=1S/C13H23NS/c1-4-5-11(2)9-14-12(3)8-13-6-7-15-10-13/h6-7,10-12,14H,4-5,8-9H2,1-3H3. The Kier molecular flexibility index (Phi) is 5.96. The third-order valence-electron chi connectivity index (χ3n) is 2.72. The van der Waals surface area contributed by atoms with E-state index in [4.69, 9.17) is 0 Å². The summed E-state index contributed by atoms with van der Waals surface area (Å²) in [6.07, 6.45) is 3.78. The molecular formula is C13H23NS. The predicted octanol–water partition coefficient (Wildman–Crippen LogP) is 3.70. The molecule has 1 N–H and O–H groups in total. The Morgan fingerprint density at radius 2 is 2.20 bits per heavy atom. The molecule has 0 aliphatic carbocycles. The molecule has 0 saturated heterocycles. The van der Waals surface area contributed by atoms with Gasteiger partial charge in [0.15, 0.2) is 0 Å². The van der Waals surface area contributed by atoms with Gasteiger partial charge in [-0.25, -0.2) is 0 Å². The lowest BCUT2D eigenvalue weighted by Gasteiger charge is -2.16. The van der Waals surface area contributed by atoms with Crippen LogP contribution in [0, 0.1) is 5.92 Å². The topological polar surface area (TPSA) is 12.0 Å². The van der Waals surface area contributed by atoms with Gasteiger partial charge in [0.2, 0.25) is 0 Å². The second-order valence-electron chi connectivity index (χ2n) is 4.54. The minimum absolute atomic E-state index is 0.596. The molecule has 0 aliphatic heterocycles. The maximum atomic E-state index is 3.61. The van der Waals surface area contributed by atoms with E-state index < -0.39 is 0 Å². The fourth-order valence-corrected chi connectivity index (χ4v) is 2.51. The van der Waals surface area contributed by atoms with Gasteiger partial charge >= 0.3 is 0 Å². The third-order valence-corrected chi connectivity index (χ3v) is 3.45. The fraction of sp³-hybridized carbons (Fsp3) is 0.692. The van der Waals surface area contributed by atoms with Crippen molar-refractivity contribution in [2.24, 2.45) is 5.92 Å². The molecule has 0 spiro atoms. The van der Waals surface area contributed by atoms with Crippen LogP contribution in [0.5, 0.6) is 0 Å². The van der Waals surface area contributed by atoms with Crippen molar-refractivity contribution in [1.82, 2.24) is 5.32 Å². The lowest BCUT2D eigenvalue weighted by molar-refractivity contribution is 0.436. The lowest BCUT2D eigenvalue weighted by Crippen LogP contribution is -2.31. The van der Waals surface area contributed by atoms with Crippen LogP contribution in [0.1, 0.15) is 39.2 Å². The first-order chi connectivity index (χ1) is 7.22. The molecule has 15 heavy (non-hydrogen) atoms. The van der Waals surface area contributed by atoms with E-state index in [0.717, 1.165) is 18.9 Å². The zero-order valence-corrected chi connectivity index (χ0v) is 10.9. The number of thiophene rings is 1. The second-order valence-corrected chi connectivity index (χ2v) is 5.32. The van der Waals surface area contributed by atoms with Gasteiger partial charge in [0.1, 0.15) is 0 Å².